The van der Waals surface area contributed by atoms with Crippen molar-refractivity contribution in [3.63, 3.8) is 0 Å². The second-order valence-corrected chi connectivity index (χ2v) is 3.87. The van der Waals surface area contributed by atoms with Crippen LogP contribution in [0.2, 0.25) is 10.0 Å². The van der Waals surface area contributed by atoms with Gasteiger partial charge in [-0.3, -0.25) is 4.79 Å². The molecular formula is C10H12Cl3NO2. The van der Waals surface area contributed by atoms with E-state index in [1.807, 2.05) is 0 Å². The summed E-state index contributed by atoms with van der Waals surface area (Å²) in [6, 6.07) is 4.61. The van der Waals surface area contributed by atoms with E-state index in [4.69, 9.17) is 28.9 Å². The minimum Gasteiger partial charge on any atom is -0.469 e. The lowest BCUT2D eigenvalue weighted by molar-refractivity contribution is -0.141. The first-order valence-corrected chi connectivity index (χ1v) is 5.07. The zero-order valence-electron chi connectivity index (χ0n) is 8.57. The lowest BCUT2D eigenvalue weighted by Gasteiger charge is -2.11. The fourth-order valence-electron chi connectivity index (χ4n) is 1.12. The predicted molar refractivity (Wildman–Crippen MR) is 67.3 cm³/mol. The number of nitrogens with two attached hydrogens (primary N) is 1. The summed E-state index contributed by atoms with van der Waals surface area (Å²) < 4.78 is 4.52. The maximum absolute atomic E-state index is 11.0. The third-order valence-corrected chi connectivity index (χ3v) is 2.73. The molecule has 6 heteroatoms. The molecule has 0 aliphatic carbocycles. The van der Waals surface area contributed by atoms with Crippen LogP contribution in [0.1, 0.15) is 18.0 Å². The highest BCUT2D eigenvalue weighted by molar-refractivity contribution is 6.42. The van der Waals surface area contributed by atoms with E-state index in [9.17, 15) is 4.79 Å². The molecule has 1 rings (SSSR count). The van der Waals surface area contributed by atoms with Gasteiger partial charge in [0.1, 0.15) is 0 Å². The van der Waals surface area contributed by atoms with Gasteiger partial charge in [0.2, 0.25) is 0 Å². The Balaban J connectivity index is 0.00000225. The van der Waals surface area contributed by atoms with Crippen molar-refractivity contribution in [2.24, 2.45) is 5.73 Å². The molecule has 0 bridgehead atoms. The second-order valence-electron chi connectivity index (χ2n) is 3.06. The molecule has 3 nitrogen and oxygen atoms in total. The molecule has 0 radical (unpaired) electrons. The summed E-state index contributed by atoms with van der Waals surface area (Å²) in [4.78, 5) is 11.0. The standard InChI is InChI=1S/C10H11Cl2NO2.ClH/c1-15-10(14)5-9(13)6-2-3-7(11)8(12)4-6;/h2-4,9H,5,13H2,1H3;1H. The van der Waals surface area contributed by atoms with Crippen LogP contribution in [0.4, 0.5) is 0 Å². The van der Waals surface area contributed by atoms with Crippen molar-refractivity contribution in [2.75, 3.05) is 7.11 Å². The number of rotatable bonds is 3. The Kier molecular flexibility index (Phi) is 6.76. The summed E-state index contributed by atoms with van der Waals surface area (Å²) in [6.07, 6.45) is 0.120. The number of hydrogen-bond acceptors (Lipinski definition) is 3. The van der Waals surface area contributed by atoms with Crippen LogP contribution in [-0.2, 0) is 9.53 Å². The Morgan fingerprint density at radius 2 is 2.06 bits per heavy atom. The molecule has 1 atom stereocenters. The minimum absolute atomic E-state index is 0. The molecule has 0 saturated heterocycles. The fraction of sp³-hybridized carbons (Fsp3) is 0.300. The van der Waals surface area contributed by atoms with Gasteiger partial charge < -0.3 is 10.5 Å². The summed E-state index contributed by atoms with van der Waals surface area (Å²) in [5, 5.41) is 0.889. The van der Waals surface area contributed by atoms with Gasteiger partial charge in [-0.05, 0) is 17.7 Å². The molecule has 0 spiro atoms. The van der Waals surface area contributed by atoms with Gasteiger partial charge in [0.15, 0.2) is 0 Å². The number of carbonyl (C=O) groups excluding carboxylic acids is 1. The molecule has 0 heterocycles. The second kappa shape index (κ2) is 6.97. The zero-order chi connectivity index (χ0) is 11.4. The van der Waals surface area contributed by atoms with Crippen molar-refractivity contribution in [3.05, 3.63) is 33.8 Å². The van der Waals surface area contributed by atoms with Crippen molar-refractivity contribution in [1.82, 2.24) is 0 Å². The quantitative estimate of drug-likeness (QED) is 0.868. The van der Waals surface area contributed by atoms with Gasteiger partial charge in [-0.15, -0.1) is 12.4 Å². The molecular weight excluding hydrogens is 272 g/mol. The van der Waals surface area contributed by atoms with E-state index < -0.39 is 6.04 Å². The molecule has 0 amide bonds. The van der Waals surface area contributed by atoms with Crippen LogP contribution in [0.3, 0.4) is 0 Å². The first kappa shape index (κ1) is 15.5. The third kappa shape index (κ3) is 4.18. The topological polar surface area (TPSA) is 52.3 Å². The number of hydrogen-bond donors (Lipinski definition) is 1. The Bertz CT molecular complexity index is 371. The number of halogens is 3. The van der Waals surface area contributed by atoms with Gasteiger partial charge in [0.25, 0.3) is 0 Å². The van der Waals surface area contributed by atoms with Crippen LogP contribution in [0, 0.1) is 0 Å². The first-order valence-electron chi connectivity index (χ1n) is 4.32. The van der Waals surface area contributed by atoms with Crippen molar-refractivity contribution in [2.45, 2.75) is 12.5 Å². The van der Waals surface area contributed by atoms with Gasteiger partial charge >= 0.3 is 5.97 Å². The summed E-state index contributed by atoms with van der Waals surface area (Å²) in [7, 11) is 1.32. The van der Waals surface area contributed by atoms with Gasteiger partial charge in [-0.1, -0.05) is 29.3 Å². The lowest BCUT2D eigenvalue weighted by Crippen LogP contribution is -2.16. The van der Waals surface area contributed by atoms with E-state index >= 15 is 0 Å². The third-order valence-electron chi connectivity index (χ3n) is 1.99. The van der Waals surface area contributed by atoms with Gasteiger partial charge in [0.05, 0.1) is 23.6 Å². The van der Waals surface area contributed by atoms with Gasteiger partial charge in [-0.25, -0.2) is 0 Å². The Labute approximate surface area is 110 Å². The zero-order valence-corrected chi connectivity index (χ0v) is 10.9. The molecule has 90 valence electrons. The number of methoxy groups -OCH3 is 1. The van der Waals surface area contributed by atoms with Gasteiger partial charge in [0, 0.05) is 6.04 Å². The predicted octanol–water partition coefficient (Wildman–Crippen LogP) is 2.98. The Morgan fingerprint density at radius 3 is 2.56 bits per heavy atom. The molecule has 0 saturated carbocycles. The van der Waals surface area contributed by atoms with E-state index in [0.717, 1.165) is 5.56 Å². The minimum atomic E-state index is -0.424. The van der Waals surface area contributed by atoms with Crippen molar-refractivity contribution in [3.8, 4) is 0 Å². The van der Waals surface area contributed by atoms with Crippen LogP contribution in [0.5, 0.6) is 0 Å². The maximum Gasteiger partial charge on any atom is 0.307 e. The SMILES string of the molecule is COC(=O)CC(N)c1ccc(Cl)c(Cl)c1.Cl. The van der Waals surface area contributed by atoms with Crippen molar-refractivity contribution >= 4 is 41.6 Å². The molecule has 1 aromatic rings. The molecule has 1 unspecified atom stereocenters. The molecule has 0 aliphatic rings. The van der Waals surface area contributed by atoms with E-state index in [1.165, 1.54) is 7.11 Å². The van der Waals surface area contributed by atoms with Crippen molar-refractivity contribution in [1.29, 1.82) is 0 Å². The molecule has 1 aromatic carbocycles. The number of carbonyl (C=O) groups is 1. The van der Waals surface area contributed by atoms with Crippen LogP contribution in [0.15, 0.2) is 18.2 Å². The van der Waals surface area contributed by atoms with Crippen LogP contribution >= 0.6 is 35.6 Å². The molecule has 2 N–H and O–H groups in total. The molecule has 0 aromatic heterocycles. The van der Waals surface area contributed by atoms with Crippen LogP contribution in [-0.4, -0.2) is 13.1 Å². The van der Waals surface area contributed by atoms with E-state index in [-0.39, 0.29) is 24.8 Å². The monoisotopic (exact) mass is 283 g/mol. The maximum atomic E-state index is 11.0. The molecule has 0 fully saturated rings. The first-order chi connectivity index (χ1) is 7.04. The highest BCUT2D eigenvalue weighted by Gasteiger charge is 2.12. The summed E-state index contributed by atoms with van der Waals surface area (Å²) in [6.45, 7) is 0. The largest absolute Gasteiger partial charge is 0.469 e. The van der Waals surface area contributed by atoms with E-state index in [1.54, 1.807) is 18.2 Å². The highest BCUT2D eigenvalue weighted by atomic mass is 35.5. The average molecular weight is 285 g/mol. The molecule has 0 aliphatic heterocycles. The fourth-order valence-corrected chi connectivity index (χ4v) is 1.43. The van der Waals surface area contributed by atoms with Crippen LogP contribution in [0.25, 0.3) is 0 Å². The van der Waals surface area contributed by atoms with E-state index in [2.05, 4.69) is 4.74 Å². The lowest BCUT2D eigenvalue weighted by atomic mass is 10.1. The smallest absolute Gasteiger partial charge is 0.307 e. The van der Waals surface area contributed by atoms with Gasteiger partial charge in [-0.2, -0.15) is 0 Å². The van der Waals surface area contributed by atoms with E-state index in [0.29, 0.717) is 10.0 Å². The highest BCUT2D eigenvalue weighted by Crippen LogP contribution is 2.25. The van der Waals surface area contributed by atoms with Crippen molar-refractivity contribution < 1.29 is 9.53 Å². The number of benzene rings is 1. The summed E-state index contributed by atoms with van der Waals surface area (Å²) in [5.74, 6) is -0.353. The van der Waals surface area contributed by atoms with Crippen LogP contribution < -0.4 is 5.73 Å². The normalized spacial score (nSPS) is 11.5. The Morgan fingerprint density at radius 1 is 1.44 bits per heavy atom. The number of ether oxygens (including phenoxy) is 1. The summed E-state index contributed by atoms with van der Waals surface area (Å²) in [5.41, 5.74) is 6.55. The number of esters is 1. The average Bonchev–Trinajstić information content (AvgIpc) is 2.21. The molecule has 16 heavy (non-hydrogen) atoms. The summed E-state index contributed by atoms with van der Waals surface area (Å²) >= 11 is 11.6. The Hall–Kier alpha value is -0.480.